The van der Waals surface area contributed by atoms with Crippen molar-refractivity contribution < 1.29 is 0 Å². The van der Waals surface area contributed by atoms with Crippen molar-refractivity contribution in [1.82, 2.24) is 0 Å². The molecule has 0 radical (unpaired) electrons. The Bertz CT molecular complexity index is 250. The number of hydrogen-bond acceptors (Lipinski definition) is 3. The third-order valence-electron chi connectivity index (χ3n) is 3.72. The highest BCUT2D eigenvalue weighted by Gasteiger charge is 2.26. The normalized spacial score (nSPS) is 25.0. The van der Waals surface area contributed by atoms with Crippen LogP contribution in [-0.4, -0.2) is 10.5 Å². The molecule has 0 spiro atoms. The molecule has 3 N–H and O–H groups in total. The van der Waals surface area contributed by atoms with E-state index in [1.54, 1.807) is 0 Å². The molecule has 0 bridgehead atoms. The van der Waals surface area contributed by atoms with Crippen molar-refractivity contribution in [3.8, 4) is 0 Å². The van der Waals surface area contributed by atoms with Crippen molar-refractivity contribution in [2.24, 2.45) is 5.50 Å². The van der Waals surface area contributed by atoms with Crippen LogP contribution in [0.1, 0.15) is 64.2 Å². The summed E-state index contributed by atoms with van der Waals surface area (Å²) in [6.45, 7) is 0. The van der Waals surface area contributed by atoms with Gasteiger partial charge >= 0.3 is 0 Å². The van der Waals surface area contributed by atoms with E-state index in [1.165, 1.54) is 64.2 Å². The van der Waals surface area contributed by atoms with Crippen LogP contribution < -0.4 is 5.50 Å². The molecule has 0 heterocycles. The summed E-state index contributed by atoms with van der Waals surface area (Å²) >= 11 is 3.67. The molecule has 0 aromatic heterocycles. The summed E-state index contributed by atoms with van der Waals surface area (Å²) in [5, 5.41) is 9.79. The lowest BCUT2D eigenvalue weighted by atomic mass is 10.0. The first-order chi connectivity index (χ1) is 8.16. The lowest BCUT2D eigenvalue weighted by Crippen LogP contribution is -2.11. The molecule has 0 aromatic carbocycles. The molecule has 2 aliphatic rings. The second-order valence-electron chi connectivity index (χ2n) is 5.33. The number of rotatable bonds is 4. The topological polar surface area (TPSA) is 49.9 Å². The Hall–Kier alpha value is 0.890. The zero-order valence-electron chi connectivity index (χ0n) is 10.6. The van der Waals surface area contributed by atoms with Crippen LogP contribution in [0, 0.1) is 5.16 Å². The van der Waals surface area contributed by atoms with Gasteiger partial charge in [0.05, 0.1) is 0 Å². The van der Waals surface area contributed by atoms with E-state index in [-0.39, 0.29) is 0 Å². The minimum Gasteiger partial charge on any atom is -0.285 e. The quantitative estimate of drug-likeness (QED) is 0.663. The zero-order chi connectivity index (χ0) is 12.1. The Morgan fingerprint density at radius 3 is 1.47 bits per heavy atom. The Morgan fingerprint density at radius 2 is 1.12 bits per heavy atom. The molecule has 17 heavy (non-hydrogen) atoms. The van der Waals surface area contributed by atoms with E-state index in [0.717, 1.165) is 0 Å². The van der Waals surface area contributed by atoms with Crippen molar-refractivity contribution in [3.63, 3.8) is 0 Å². The van der Waals surface area contributed by atoms with Gasteiger partial charge in [0.15, 0.2) is 0 Å². The van der Waals surface area contributed by atoms with Crippen molar-refractivity contribution >= 4 is 28.4 Å². The van der Waals surface area contributed by atoms with Gasteiger partial charge in [0, 0.05) is 10.5 Å². The largest absolute Gasteiger partial charge is 0.285 e. The average Bonchev–Trinajstić information content (AvgIpc) is 2.30. The molecule has 2 aliphatic carbocycles. The molecule has 0 unspecified atom stereocenters. The highest BCUT2D eigenvalue weighted by Crippen LogP contribution is 2.68. The van der Waals surface area contributed by atoms with Gasteiger partial charge in [-0.15, -0.1) is 0 Å². The maximum absolute atomic E-state index is 8.41. The standard InChI is InChI=1S/C12H25N2PS2/c13-15(14,16-11-7-3-1-4-8-11)17-12-9-5-2-6-10-12/h11-12H,1-10H2,(H3,13,14). The van der Waals surface area contributed by atoms with Gasteiger partial charge in [0.25, 0.3) is 0 Å². The van der Waals surface area contributed by atoms with Gasteiger partial charge in [-0.05, 0) is 25.7 Å². The first kappa shape index (κ1) is 14.3. The lowest BCUT2D eigenvalue weighted by molar-refractivity contribution is 0.517. The molecule has 100 valence electrons. The van der Waals surface area contributed by atoms with Crippen molar-refractivity contribution in [3.05, 3.63) is 0 Å². The average molecular weight is 292 g/mol. The predicted molar refractivity (Wildman–Crippen MR) is 82.8 cm³/mol. The van der Waals surface area contributed by atoms with Crippen LogP contribution in [0.4, 0.5) is 0 Å². The Balaban J connectivity index is 1.78. The smallest absolute Gasteiger partial charge is 0.132 e. The molecule has 2 nitrogen and oxygen atoms in total. The zero-order valence-corrected chi connectivity index (χ0v) is 13.1. The van der Waals surface area contributed by atoms with Crippen LogP contribution in [0.2, 0.25) is 0 Å². The van der Waals surface area contributed by atoms with Crippen molar-refractivity contribution in [1.29, 1.82) is 5.16 Å². The molecular formula is C12H25N2PS2. The van der Waals surface area contributed by atoms with Crippen LogP contribution >= 0.6 is 28.4 Å². The molecule has 0 aliphatic heterocycles. The highest BCUT2D eigenvalue weighted by atomic mass is 33.1. The van der Waals surface area contributed by atoms with Crippen LogP contribution in [-0.2, 0) is 0 Å². The highest BCUT2D eigenvalue weighted by molar-refractivity contribution is 8.90. The fourth-order valence-corrected chi connectivity index (χ4v) is 11.5. The molecule has 2 rings (SSSR count). The molecular weight excluding hydrogens is 267 g/mol. The minimum absolute atomic E-state index is 0.690. The maximum atomic E-state index is 8.41. The van der Waals surface area contributed by atoms with Gasteiger partial charge in [-0.25, -0.2) is 0 Å². The third kappa shape index (κ3) is 5.18. The molecule has 0 atom stereocenters. The molecule has 0 amide bonds. The molecule has 0 saturated heterocycles. The monoisotopic (exact) mass is 292 g/mol. The summed E-state index contributed by atoms with van der Waals surface area (Å²) in [4.78, 5) is 0. The van der Waals surface area contributed by atoms with Gasteiger partial charge in [-0.3, -0.25) is 10.7 Å². The minimum atomic E-state index is -2.00. The van der Waals surface area contributed by atoms with Gasteiger partial charge in [-0.2, -0.15) is 0 Å². The van der Waals surface area contributed by atoms with Gasteiger partial charge in [0.2, 0.25) is 0 Å². The van der Waals surface area contributed by atoms with Crippen LogP contribution in [0.25, 0.3) is 0 Å². The van der Waals surface area contributed by atoms with Crippen LogP contribution in [0.15, 0.2) is 0 Å². The van der Waals surface area contributed by atoms with E-state index in [2.05, 4.69) is 0 Å². The Labute approximate surface area is 114 Å². The summed E-state index contributed by atoms with van der Waals surface area (Å²) in [6.07, 6.45) is 13.4. The first-order valence-corrected chi connectivity index (χ1v) is 11.8. The van der Waals surface area contributed by atoms with Crippen molar-refractivity contribution in [2.75, 3.05) is 0 Å². The second kappa shape index (κ2) is 6.88. The summed E-state index contributed by atoms with van der Waals surface area (Å²) in [5.74, 6) is 0. The molecule has 0 aromatic rings. The third-order valence-corrected chi connectivity index (χ3v) is 11.1. The summed E-state index contributed by atoms with van der Waals surface area (Å²) in [5.41, 5.74) is 4.29. The summed E-state index contributed by atoms with van der Waals surface area (Å²) in [6, 6.07) is 0. The predicted octanol–water partition coefficient (Wildman–Crippen LogP) is 5.60. The molecule has 2 fully saturated rings. The summed E-state index contributed by atoms with van der Waals surface area (Å²) in [7, 11) is 0. The van der Waals surface area contributed by atoms with Crippen LogP contribution in [0.3, 0.4) is 0 Å². The SMILES string of the molecule is N=P(N)(SC1CCCCC1)SC1CCCCC1. The van der Waals surface area contributed by atoms with E-state index < -0.39 is 5.61 Å². The Morgan fingerprint density at radius 1 is 0.765 bits per heavy atom. The fourth-order valence-electron chi connectivity index (χ4n) is 2.81. The number of nitrogens with two attached hydrogens (primary N) is 1. The van der Waals surface area contributed by atoms with E-state index in [1.807, 2.05) is 22.8 Å². The van der Waals surface area contributed by atoms with E-state index in [0.29, 0.717) is 10.5 Å². The molecule has 2 saturated carbocycles. The lowest BCUT2D eigenvalue weighted by Gasteiger charge is -2.29. The number of hydrogen-bond donors (Lipinski definition) is 2. The van der Waals surface area contributed by atoms with E-state index >= 15 is 0 Å². The van der Waals surface area contributed by atoms with Crippen LogP contribution in [0.5, 0.6) is 0 Å². The van der Waals surface area contributed by atoms with Gasteiger partial charge < -0.3 is 0 Å². The van der Waals surface area contributed by atoms with Gasteiger partial charge in [0.1, 0.15) is 5.61 Å². The van der Waals surface area contributed by atoms with E-state index in [4.69, 9.17) is 10.7 Å². The summed E-state index contributed by atoms with van der Waals surface area (Å²) < 4.78 is 0. The second-order valence-corrected chi connectivity index (χ2v) is 13.7. The Kier molecular flexibility index (Phi) is 5.79. The first-order valence-electron chi connectivity index (χ1n) is 6.95. The number of nitrogens with one attached hydrogen (secondary N) is 1. The van der Waals surface area contributed by atoms with Crippen molar-refractivity contribution in [2.45, 2.75) is 74.7 Å². The fraction of sp³-hybridized carbons (Fsp3) is 1.00. The molecule has 5 heteroatoms. The maximum Gasteiger partial charge on any atom is 0.132 e. The van der Waals surface area contributed by atoms with E-state index in [9.17, 15) is 0 Å². The van der Waals surface area contributed by atoms with Gasteiger partial charge in [-0.1, -0.05) is 61.3 Å².